The molecular weight excluding hydrogens is 194 g/mol. The maximum Gasteiger partial charge on any atom is 0.0492 e. The Labute approximate surface area is 96.9 Å². The number of aryl methyl sites for hydroxylation is 1. The van der Waals surface area contributed by atoms with Crippen molar-refractivity contribution in [3.63, 3.8) is 0 Å². The van der Waals surface area contributed by atoms with Crippen LogP contribution in [0, 0.1) is 0 Å². The van der Waals surface area contributed by atoms with Gasteiger partial charge < -0.3 is 4.98 Å². The van der Waals surface area contributed by atoms with Crippen molar-refractivity contribution in [3.05, 3.63) is 35.0 Å². The van der Waals surface area contributed by atoms with Crippen LogP contribution < -0.4 is 0 Å². The molecule has 2 aromatic rings. The van der Waals surface area contributed by atoms with Gasteiger partial charge in [-0.1, -0.05) is 20.8 Å². The van der Waals surface area contributed by atoms with Crippen LogP contribution in [0.3, 0.4) is 0 Å². The molecule has 3 rings (SSSR count). The lowest BCUT2D eigenvalue weighted by Crippen LogP contribution is -1.96. The molecule has 1 N–H and O–H groups in total. The minimum Gasteiger partial charge on any atom is -0.361 e. The molecule has 1 heteroatoms. The van der Waals surface area contributed by atoms with E-state index in [9.17, 15) is 0 Å². The highest BCUT2D eigenvalue weighted by molar-refractivity contribution is 5.86. The van der Waals surface area contributed by atoms with Gasteiger partial charge in [-0.3, -0.25) is 0 Å². The summed E-state index contributed by atoms with van der Waals surface area (Å²) in [6, 6.07) is 4.57. The minimum atomic E-state index is 0.706. The molecule has 16 heavy (non-hydrogen) atoms. The topological polar surface area (TPSA) is 15.8 Å². The molecular formula is C15H19N. The van der Waals surface area contributed by atoms with E-state index < -0.39 is 0 Å². The summed E-state index contributed by atoms with van der Waals surface area (Å²) in [7, 11) is 0. The summed E-state index contributed by atoms with van der Waals surface area (Å²) in [6.07, 6.45) is 4.53. The molecule has 1 nitrogen and oxygen atoms in total. The fourth-order valence-corrected chi connectivity index (χ4v) is 3.46. The van der Waals surface area contributed by atoms with Crippen molar-refractivity contribution in [3.8, 4) is 0 Å². The zero-order valence-electron chi connectivity index (χ0n) is 10.3. The predicted octanol–water partition coefficient (Wildman–Crippen LogP) is 4.34. The normalized spacial score (nSPS) is 23.9. The van der Waals surface area contributed by atoms with Gasteiger partial charge in [0.05, 0.1) is 0 Å². The average molecular weight is 213 g/mol. The quantitative estimate of drug-likeness (QED) is 0.725. The monoisotopic (exact) mass is 213 g/mol. The molecule has 0 aliphatic heterocycles. The maximum absolute atomic E-state index is 3.42. The van der Waals surface area contributed by atoms with Gasteiger partial charge in [0.2, 0.25) is 0 Å². The molecule has 0 unspecified atom stereocenters. The molecule has 1 aliphatic carbocycles. The molecule has 0 fully saturated rings. The molecule has 0 bridgehead atoms. The first-order valence-electron chi connectivity index (χ1n) is 6.35. The fraction of sp³-hybridized carbons (Fsp3) is 0.467. The summed E-state index contributed by atoms with van der Waals surface area (Å²) in [6.45, 7) is 7.00. The van der Waals surface area contributed by atoms with Crippen molar-refractivity contribution in [2.45, 2.75) is 45.4 Å². The van der Waals surface area contributed by atoms with Crippen LogP contribution >= 0.6 is 0 Å². The zero-order chi connectivity index (χ0) is 11.3. The van der Waals surface area contributed by atoms with E-state index in [4.69, 9.17) is 0 Å². The maximum atomic E-state index is 3.42. The van der Waals surface area contributed by atoms with Gasteiger partial charge in [-0.25, -0.2) is 0 Å². The molecule has 0 amide bonds. The molecule has 1 aliphatic rings. The van der Waals surface area contributed by atoms with Crippen molar-refractivity contribution in [2.75, 3.05) is 0 Å². The number of hydrogen-bond acceptors (Lipinski definition) is 0. The highest BCUT2D eigenvalue weighted by Crippen LogP contribution is 2.46. The van der Waals surface area contributed by atoms with Crippen LogP contribution in [0.15, 0.2) is 18.3 Å². The molecule has 0 spiro atoms. The van der Waals surface area contributed by atoms with Crippen LogP contribution in [0.25, 0.3) is 10.9 Å². The second-order valence-corrected chi connectivity index (χ2v) is 5.20. The molecule has 2 atom stereocenters. The van der Waals surface area contributed by atoms with E-state index in [0.717, 1.165) is 12.3 Å². The Balaban J connectivity index is 2.40. The van der Waals surface area contributed by atoms with Crippen LogP contribution in [0.4, 0.5) is 0 Å². The number of aromatic nitrogens is 1. The van der Waals surface area contributed by atoms with Gasteiger partial charge in [-0.05, 0) is 58.9 Å². The summed E-state index contributed by atoms with van der Waals surface area (Å²) >= 11 is 0. The van der Waals surface area contributed by atoms with Crippen LogP contribution in [-0.2, 0) is 6.42 Å². The lowest BCUT2D eigenvalue weighted by atomic mass is 9.93. The van der Waals surface area contributed by atoms with Gasteiger partial charge in [0.15, 0.2) is 0 Å². The Morgan fingerprint density at radius 3 is 2.75 bits per heavy atom. The number of benzene rings is 1. The molecule has 0 saturated carbocycles. The third-order valence-corrected chi connectivity index (χ3v) is 4.09. The molecule has 0 radical (unpaired) electrons. The second kappa shape index (κ2) is 3.38. The highest BCUT2D eigenvalue weighted by atomic mass is 14.7. The van der Waals surface area contributed by atoms with Crippen molar-refractivity contribution in [2.24, 2.45) is 0 Å². The van der Waals surface area contributed by atoms with Gasteiger partial charge in [-0.2, -0.15) is 0 Å². The standard InChI is InChI=1S/C15H19N/c1-4-11-8-12-5-6-16-15(12)14-10(3)7-9(2)13(11)14/h5-6,8-10,16H,4,7H2,1-3H3/t9-,10+/m1/s1. The smallest absolute Gasteiger partial charge is 0.0492 e. The largest absolute Gasteiger partial charge is 0.361 e. The molecule has 1 aromatic heterocycles. The third kappa shape index (κ3) is 1.17. The predicted molar refractivity (Wildman–Crippen MR) is 69.1 cm³/mol. The SMILES string of the molecule is CCc1cc2cc[nH]c2c2c1[C@H](C)C[C@@H]2C. The summed E-state index contributed by atoms with van der Waals surface area (Å²) in [5.74, 6) is 1.44. The number of fused-ring (bicyclic) bond motifs is 3. The Bertz CT molecular complexity index is 536. The van der Waals surface area contributed by atoms with E-state index in [1.807, 2.05) is 0 Å². The average Bonchev–Trinajstić information content (AvgIpc) is 2.82. The molecule has 84 valence electrons. The van der Waals surface area contributed by atoms with Crippen molar-refractivity contribution >= 4 is 10.9 Å². The Hall–Kier alpha value is -1.24. The first kappa shape index (κ1) is 9.95. The molecule has 1 heterocycles. The second-order valence-electron chi connectivity index (χ2n) is 5.20. The van der Waals surface area contributed by atoms with Gasteiger partial charge in [-0.15, -0.1) is 0 Å². The van der Waals surface area contributed by atoms with E-state index in [1.54, 1.807) is 16.7 Å². The number of rotatable bonds is 1. The zero-order valence-corrected chi connectivity index (χ0v) is 10.3. The summed E-state index contributed by atoms with van der Waals surface area (Å²) < 4.78 is 0. The van der Waals surface area contributed by atoms with Crippen molar-refractivity contribution in [1.82, 2.24) is 4.98 Å². The Morgan fingerprint density at radius 1 is 1.25 bits per heavy atom. The van der Waals surface area contributed by atoms with E-state index in [0.29, 0.717) is 5.92 Å². The minimum absolute atomic E-state index is 0.706. The van der Waals surface area contributed by atoms with Gasteiger partial charge in [0.25, 0.3) is 0 Å². The number of hydrogen-bond donors (Lipinski definition) is 1. The van der Waals surface area contributed by atoms with Crippen molar-refractivity contribution < 1.29 is 0 Å². The Morgan fingerprint density at radius 2 is 2.00 bits per heavy atom. The first-order valence-corrected chi connectivity index (χ1v) is 6.35. The van der Waals surface area contributed by atoms with Gasteiger partial charge in [0.1, 0.15) is 0 Å². The van der Waals surface area contributed by atoms with E-state index in [-0.39, 0.29) is 0 Å². The summed E-state index contributed by atoms with van der Waals surface area (Å²) in [5, 5.41) is 1.39. The number of H-pyrrole nitrogens is 1. The van der Waals surface area contributed by atoms with Crippen molar-refractivity contribution in [1.29, 1.82) is 0 Å². The fourth-order valence-electron chi connectivity index (χ4n) is 3.46. The summed E-state index contributed by atoms with van der Waals surface area (Å²) in [4.78, 5) is 3.42. The molecule has 1 aromatic carbocycles. The third-order valence-electron chi connectivity index (χ3n) is 4.09. The molecule has 0 saturated heterocycles. The number of nitrogens with one attached hydrogen (secondary N) is 1. The highest BCUT2D eigenvalue weighted by Gasteiger charge is 2.29. The van der Waals surface area contributed by atoms with Crippen LogP contribution in [-0.4, -0.2) is 4.98 Å². The van der Waals surface area contributed by atoms with Crippen LogP contribution in [0.2, 0.25) is 0 Å². The van der Waals surface area contributed by atoms with E-state index >= 15 is 0 Å². The Kier molecular flexibility index (Phi) is 2.10. The first-order chi connectivity index (χ1) is 7.72. The summed E-state index contributed by atoms with van der Waals surface area (Å²) in [5.41, 5.74) is 6.15. The lowest BCUT2D eigenvalue weighted by Gasteiger charge is -2.12. The number of aromatic amines is 1. The van der Waals surface area contributed by atoms with Crippen LogP contribution in [0.5, 0.6) is 0 Å². The lowest BCUT2D eigenvalue weighted by molar-refractivity contribution is 0.660. The van der Waals surface area contributed by atoms with E-state index in [2.05, 4.69) is 44.1 Å². The van der Waals surface area contributed by atoms with E-state index in [1.165, 1.54) is 17.3 Å². The van der Waals surface area contributed by atoms with Crippen LogP contribution in [0.1, 0.15) is 55.7 Å². The van der Waals surface area contributed by atoms with Gasteiger partial charge >= 0.3 is 0 Å². The van der Waals surface area contributed by atoms with Gasteiger partial charge in [0, 0.05) is 11.7 Å².